The molecule has 0 aliphatic heterocycles. The van der Waals surface area contributed by atoms with Crippen LogP contribution in [0.25, 0.3) is 0 Å². The summed E-state index contributed by atoms with van der Waals surface area (Å²) in [5, 5.41) is 6.25. The molecule has 2 N–H and O–H groups in total. The highest BCUT2D eigenvalue weighted by molar-refractivity contribution is 7.91. The van der Waals surface area contributed by atoms with Gasteiger partial charge in [-0.05, 0) is 30.5 Å². The first-order valence-electron chi connectivity index (χ1n) is 9.93. The number of sulfone groups is 1. The number of rotatable bonds is 11. The highest BCUT2D eigenvalue weighted by Gasteiger charge is 2.13. The average Bonchev–Trinajstić information content (AvgIpc) is 2.73. The van der Waals surface area contributed by atoms with Crippen molar-refractivity contribution in [2.24, 2.45) is 10.9 Å². The van der Waals surface area contributed by atoms with Crippen LogP contribution in [0, 0.1) is 5.92 Å². The maximum Gasteiger partial charge on any atom is 0.191 e. The average molecular weight is 418 g/mol. The Bertz CT molecular complexity index is 840. The van der Waals surface area contributed by atoms with Crippen molar-refractivity contribution < 1.29 is 13.2 Å². The van der Waals surface area contributed by atoms with Crippen LogP contribution in [0.15, 0.2) is 70.6 Å². The Labute approximate surface area is 174 Å². The van der Waals surface area contributed by atoms with E-state index in [-0.39, 0.29) is 11.7 Å². The zero-order valence-corrected chi connectivity index (χ0v) is 18.0. The van der Waals surface area contributed by atoms with Crippen molar-refractivity contribution >= 4 is 15.8 Å². The van der Waals surface area contributed by atoms with Crippen molar-refractivity contribution in [3.05, 3.63) is 66.2 Å². The van der Waals surface area contributed by atoms with Gasteiger partial charge in [-0.2, -0.15) is 0 Å². The van der Waals surface area contributed by atoms with Gasteiger partial charge < -0.3 is 15.4 Å². The fraction of sp³-hybridized carbons (Fsp3) is 0.409. The standard InChI is InChI=1S/C22H31N3O3S/c1-3-23-22(24-14-15-29(26,27)21-12-8-5-9-13-21)25-16-19(2)17-28-18-20-10-6-4-7-11-20/h4-13,19H,3,14-18H2,1-2H3,(H2,23,24,25). The first kappa shape index (κ1) is 22.9. The second-order valence-corrected chi connectivity index (χ2v) is 8.99. The van der Waals surface area contributed by atoms with E-state index in [9.17, 15) is 8.42 Å². The van der Waals surface area contributed by atoms with Gasteiger partial charge in [0.25, 0.3) is 0 Å². The Morgan fingerprint density at radius 1 is 1.03 bits per heavy atom. The van der Waals surface area contributed by atoms with Crippen LogP contribution in [0.1, 0.15) is 19.4 Å². The lowest BCUT2D eigenvalue weighted by atomic mass is 10.2. The van der Waals surface area contributed by atoms with Gasteiger partial charge >= 0.3 is 0 Å². The summed E-state index contributed by atoms with van der Waals surface area (Å²) in [7, 11) is -3.31. The zero-order chi connectivity index (χ0) is 21.0. The topological polar surface area (TPSA) is 79.8 Å². The number of nitrogens with one attached hydrogen (secondary N) is 2. The number of benzene rings is 2. The number of hydrogen-bond donors (Lipinski definition) is 2. The molecule has 2 aromatic rings. The van der Waals surface area contributed by atoms with E-state index in [0.29, 0.717) is 43.7 Å². The molecular formula is C22H31N3O3S. The lowest BCUT2D eigenvalue weighted by Crippen LogP contribution is -2.40. The molecule has 0 saturated heterocycles. The van der Waals surface area contributed by atoms with Gasteiger partial charge in [-0.3, -0.25) is 4.99 Å². The van der Waals surface area contributed by atoms with Gasteiger partial charge in [-0.15, -0.1) is 0 Å². The van der Waals surface area contributed by atoms with Crippen LogP contribution >= 0.6 is 0 Å². The van der Waals surface area contributed by atoms with E-state index >= 15 is 0 Å². The van der Waals surface area contributed by atoms with E-state index in [1.807, 2.05) is 37.3 Å². The molecule has 29 heavy (non-hydrogen) atoms. The summed E-state index contributed by atoms with van der Waals surface area (Å²) < 4.78 is 30.5. The Morgan fingerprint density at radius 2 is 1.69 bits per heavy atom. The first-order chi connectivity index (χ1) is 14.0. The zero-order valence-electron chi connectivity index (χ0n) is 17.2. The molecule has 0 aliphatic rings. The van der Waals surface area contributed by atoms with Gasteiger partial charge in [0.2, 0.25) is 0 Å². The predicted molar refractivity (Wildman–Crippen MR) is 118 cm³/mol. The van der Waals surface area contributed by atoms with E-state index in [0.717, 1.165) is 5.56 Å². The molecule has 0 aliphatic carbocycles. The van der Waals surface area contributed by atoms with Gasteiger partial charge in [-0.25, -0.2) is 8.42 Å². The highest BCUT2D eigenvalue weighted by Crippen LogP contribution is 2.09. The third-order valence-corrected chi connectivity index (χ3v) is 5.92. The molecule has 6 nitrogen and oxygen atoms in total. The second kappa shape index (κ2) is 12.2. The lowest BCUT2D eigenvalue weighted by molar-refractivity contribution is 0.0945. The van der Waals surface area contributed by atoms with Crippen molar-refractivity contribution in [2.75, 3.05) is 32.0 Å². The maximum atomic E-state index is 12.4. The maximum absolute atomic E-state index is 12.4. The SMILES string of the molecule is CCNC(=NCC(C)COCc1ccccc1)NCCS(=O)(=O)c1ccccc1. The van der Waals surface area contributed by atoms with E-state index in [1.54, 1.807) is 30.3 Å². The number of aliphatic imine (C=N–C) groups is 1. The fourth-order valence-electron chi connectivity index (χ4n) is 2.64. The van der Waals surface area contributed by atoms with Crippen molar-refractivity contribution in [1.82, 2.24) is 10.6 Å². The first-order valence-corrected chi connectivity index (χ1v) is 11.6. The number of guanidine groups is 1. The minimum atomic E-state index is -3.31. The molecule has 1 atom stereocenters. The van der Waals surface area contributed by atoms with Crippen LogP contribution in [-0.2, 0) is 21.2 Å². The van der Waals surface area contributed by atoms with E-state index in [1.165, 1.54) is 0 Å². The minimum Gasteiger partial charge on any atom is -0.376 e. The Kier molecular flexibility index (Phi) is 9.67. The van der Waals surface area contributed by atoms with Crippen LogP contribution in [0.2, 0.25) is 0 Å². The molecule has 0 amide bonds. The van der Waals surface area contributed by atoms with Crippen molar-refractivity contribution in [3.8, 4) is 0 Å². The summed E-state index contributed by atoms with van der Waals surface area (Å²) in [5.41, 5.74) is 1.15. The summed E-state index contributed by atoms with van der Waals surface area (Å²) in [5.74, 6) is 0.879. The van der Waals surface area contributed by atoms with Crippen LogP contribution < -0.4 is 10.6 Å². The lowest BCUT2D eigenvalue weighted by Gasteiger charge is -2.14. The molecule has 0 fully saturated rings. The van der Waals surface area contributed by atoms with E-state index in [4.69, 9.17) is 4.74 Å². The molecule has 0 bridgehead atoms. The molecule has 0 heterocycles. The van der Waals surface area contributed by atoms with Gasteiger partial charge in [0.05, 0.1) is 23.9 Å². The third-order valence-electron chi connectivity index (χ3n) is 4.18. The molecule has 0 spiro atoms. The monoisotopic (exact) mass is 417 g/mol. The Hall–Kier alpha value is -2.38. The van der Waals surface area contributed by atoms with Gasteiger partial charge in [0.15, 0.2) is 15.8 Å². The van der Waals surface area contributed by atoms with Crippen molar-refractivity contribution in [2.45, 2.75) is 25.3 Å². The van der Waals surface area contributed by atoms with Crippen molar-refractivity contribution in [1.29, 1.82) is 0 Å². The largest absolute Gasteiger partial charge is 0.376 e. The molecule has 0 radical (unpaired) electrons. The summed E-state index contributed by atoms with van der Waals surface area (Å²) in [6, 6.07) is 18.6. The van der Waals surface area contributed by atoms with Crippen LogP contribution in [-0.4, -0.2) is 46.4 Å². The normalized spacial score (nSPS) is 13.1. The molecule has 1 unspecified atom stereocenters. The van der Waals surface area contributed by atoms with Crippen LogP contribution in [0.5, 0.6) is 0 Å². The summed E-state index contributed by atoms with van der Waals surface area (Å²) in [6.45, 7) is 6.85. The smallest absolute Gasteiger partial charge is 0.191 e. The molecule has 7 heteroatoms. The Balaban J connectivity index is 1.76. The van der Waals surface area contributed by atoms with Gasteiger partial charge in [-0.1, -0.05) is 55.5 Å². The van der Waals surface area contributed by atoms with Gasteiger partial charge in [0.1, 0.15) is 0 Å². The molecule has 2 rings (SSSR count). The van der Waals surface area contributed by atoms with Crippen LogP contribution in [0.4, 0.5) is 0 Å². The minimum absolute atomic E-state index is 0.0111. The predicted octanol–water partition coefficient (Wildman–Crippen LogP) is 2.87. The number of hydrogen-bond acceptors (Lipinski definition) is 4. The molecule has 2 aromatic carbocycles. The van der Waals surface area contributed by atoms with E-state index < -0.39 is 9.84 Å². The molecule has 0 aromatic heterocycles. The van der Waals surface area contributed by atoms with Gasteiger partial charge in [0, 0.05) is 19.6 Å². The van der Waals surface area contributed by atoms with Crippen LogP contribution in [0.3, 0.4) is 0 Å². The quantitative estimate of drug-likeness (QED) is 0.434. The van der Waals surface area contributed by atoms with Crippen molar-refractivity contribution in [3.63, 3.8) is 0 Å². The second-order valence-electron chi connectivity index (χ2n) is 6.88. The Morgan fingerprint density at radius 3 is 2.34 bits per heavy atom. The molecular weight excluding hydrogens is 386 g/mol. The number of ether oxygens (including phenoxy) is 1. The summed E-state index contributed by atoms with van der Waals surface area (Å²) in [6.07, 6.45) is 0. The molecule has 158 valence electrons. The fourth-order valence-corrected chi connectivity index (χ4v) is 3.82. The summed E-state index contributed by atoms with van der Waals surface area (Å²) >= 11 is 0. The highest BCUT2D eigenvalue weighted by atomic mass is 32.2. The number of nitrogens with zero attached hydrogens (tertiary/aromatic N) is 1. The third kappa shape index (κ3) is 8.66. The molecule has 0 saturated carbocycles. The summed E-state index contributed by atoms with van der Waals surface area (Å²) in [4.78, 5) is 4.89. The van der Waals surface area contributed by atoms with E-state index in [2.05, 4.69) is 22.5 Å².